The molecule has 0 radical (unpaired) electrons. The van der Waals surface area contributed by atoms with Crippen molar-refractivity contribution < 1.29 is 9.53 Å². The maximum absolute atomic E-state index is 12.2. The van der Waals surface area contributed by atoms with Gasteiger partial charge in [0.05, 0.1) is 18.5 Å². The van der Waals surface area contributed by atoms with Crippen LogP contribution in [0, 0.1) is 0 Å². The summed E-state index contributed by atoms with van der Waals surface area (Å²) in [5.74, 6) is 0.263. The average molecular weight is 292 g/mol. The molecule has 0 aliphatic heterocycles. The third-order valence-electron chi connectivity index (χ3n) is 2.70. The number of rotatable bonds is 4. The molecule has 1 aromatic carbocycles. The number of hydrogen-bond acceptors (Lipinski definition) is 4. The van der Waals surface area contributed by atoms with Gasteiger partial charge < -0.3 is 15.8 Å². The summed E-state index contributed by atoms with van der Waals surface area (Å²) in [6.07, 6.45) is 1.55. The largest absolute Gasteiger partial charge is 0.495 e. The van der Waals surface area contributed by atoms with E-state index >= 15 is 0 Å². The van der Waals surface area contributed by atoms with E-state index in [1.165, 1.54) is 7.11 Å². The summed E-state index contributed by atoms with van der Waals surface area (Å²) in [4.78, 5) is 16.2. The Balaban J connectivity index is 2.25. The molecular weight excluding hydrogens is 278 g/mol. The van der Waals surface area contributed by atoms with Gasteiger partial charge in [0.15, 0.2) is 0 Å². The predicted molar refractivity (Wildman–Crippen MR) is 78.1 cm³/mol. The fourth-order valence-electron chi connectivity index (χ4n) is 1.70. The molecule has 0 aliphatic carbocycles. The molecule has 0 saturated carbocycles. The number of ether oxygens (including phenoxy) is 1. The summed E-state index contributed by atoms with van der Waals surface area (Å²) in [5.41, 5.74) is 7.14. The van der Waals surface area contributed by atoms with E-state index in [4.69, 9.17) is 22.1 Å². The lowest BCUT2D eigenvalue weighted by Gasteiger charge is -2.10. The molecule has 3 N–H and O–H groups in total. The molecule has 104 valence electrons. The molecule has 1 amide bonds. The number of aromatic nitrogens is 1. The Morgan fingerprint density at radius 1 is 1.40 bits per heavy atom. The van der Waals surface area contributed by atoms with Crippen molar-refractivity contribution in [1.29, 1.82) is 0 Å². The van der Waals surface area contributed by atoms with Gasteiger partial charge in [0, 0.05) is 23.3 Å². The molecule has 0 bridgehead atoms. The van der Waals surface area contributed by atoms with E-state index in [9.17, 15) is 4.79 Å². The van der Waals surface area contributed by atoms with Gasteiger partial charge >= 0.3 is 0 Å². The van der Waals surface area contributed by atoms with Crippen molar-refractivity contribution in [2.24, 2.45) is 5.73 Å². The number of nitrogens with zero attached hydrogens (tertiary/aromatic N) is 1. The third kappa shape index (κ3) is 3.26. The first-order valence-electron chi connectivity index (χ1n) is 5.94. The van der Waals surface area contributed by atoms with Gasteiger partial charge in [0.2, 0.25) is 0 Å². The van der Waals surface area contributed by atoms with E-state index in [-0.39, 0.29) is 12.5 Å². The second-order valence-corrected chi connectivity index (χ2v) is 4.48. The molecule has 2 aromatic rings. The summed E-state index contributed by atoms with van der Waals surface area (Å²) >= 11 is 5.92. The van der Waals surface area contributed by atoms with Crippen LogP contribution in [-0.2, 0) is 6.54 Å². The summed E-state index contributed by atoms with van der Waals surface area (Å²) in [6.45, 7) is 0.279. The van der Waals surface area contributed by atoms with Crippen molar-refractivity contribution in [3.05, 3.63) is 52.8 Å². The first kappa shape index (κ1) is 14.3. The molecule has 1 heterocycles. The summed E-state index contributed by atoms with van der Waals surface area (Å²) in [5, 5.41) is 3.27. The van der Waals surface area contributed by atoms with Crippen LogP contribution in [0.2, 0.25) is 5.02 Å². The monoisotopic (exact) mass is 291 g/mol. The minimum absolute atomic E-state index is 0.275. The Labute approximate surface area is 121 Å². The van der Waals surface area contributed by atoms with Gasteiger partial charge in [-0.3, -0.25) is 9.78 Å². The number of hydrogen-bond donors (Lipinski definition) is 2. The van der Waals surface area contributed by atoms with Crippen LogP contribution in [0.5, 0.6) is 5.75 Å². The van der Waals surface area contributed by atoms with Crippen LogP contribution < -0.4 is 15.8 Å². The fourth-order valence-corrected chi connectivity index (χ4v) is 1.88. The minimum atomic E-state index is -0.275. The highest BCUT2D eigenvalue weighted by Crippen LogP contribution is 2.28. The van der Waals surface area contributed by atoms with E-state index in [1.807, 2.05) is 0 Å². The molecule has 5 nitrogen and oxygen atoms in total. The van der Waals surface area contributed by atoms with Crippen LogP contribution in [-0.4, -0.2) is 18.0 Å². The molecule has 6 heteroatoms. The summed E-state index contributed by atoms with van der Waals surface area (Å²) in [7, 11) is 1.53. The second-order valence-electron chi connectivity index (χ2n) is 4.04. The zero-order valence-electron chi connectivity index (χ0n) is 10.9. The highest BCUT2D eigenvalue weighted by atomic mass is 35.5. The Morgan fingerprint density at radius 3 is 2.90 bits per heavy atom. The topological polar surface area (TPSA) is 77.2 Å². The Morgan fingerprint density at radius 2 is 2.20 bits per heavy atom. The minimum Gasteiger partial charge on any atom is -0.495 e. The molecule has 0 fully saturated rings. The molecule has 0 saturated heterocycles. The number of benzene rings is 1. The third-order valence-corrected chi connectivity index (χ3v) is 2.93. The fraction of sp³-hybridized carbons (Fsp3) is 0.143. The van der Waals surface area contributed by atoms with E-state index in [2.05, 4.69) is 10.3 Å². The Kier molecular flexibility index (Phi) is 4.55. The summed E-state index contributed by atoms with van der Waals surface area (Å²) < 4.78 is 5.18. The Bertz CT molecular complexity index is 632. The van der Waals surface area contributed by atoms with Crippen molar-refractivity contribution >= 4 is 23.2 Å². The standard InChI is InChI=1S/C14H14ClN3O2/c1-20-13-3-2-10(15)7-12(13)18-14(19)9-4-5-17-11(6-9)8-16/h2-7H,8,16H2,1H3,(H,18,19). The number of carbonyl (C=O) groups excluding carboxylic acids is 1. The van der Waals surface area contributed by atoms with E-state index in [0.29, 0.717) is 27.7 Å². The van der Waals surface area contributed by atoms with Crippen LogP contribution in [0.4, 0.5) is 5.69 Å². The molecule has 1 aromatic heterocycles. The summed E-state index contributed by atoms with van der Waals surface area (Å²) in [6, 6.07) is 8.27. The number of nitrogens with two attached hydrogens (primary N) is 1. The number of anilines is 1. The molecule has 0 spiro atoms. The van der Waals surface area contributed by atoms with Crippen molar-refractivity contribution in [3.8, 4) is 5.75 Å². The smallest absolute Gasteiger partial charge is 0.255 e. The highest BCUT2D eigenvalue weighted by Gasteiger charge is 2.11. The molecule has 0 aliphatic rings. The van der Waals surface area contributed by atoms with Gasteiger partial charge in [-0.25, -0.2) is 0 Å². The van der Waals surface area contributed by atoms with Gasteiger partial charge in [-0.15, -0.1) is 0 Å². The van der Waals surface area contributed by atoms with Crippen molar-refractivity contribution in [3.63, 3.8) is 0 Å². The van der Waals surface area contributed by atoms with Crippen LogP contribution in [0.3, 0.4) is 0 Å². The number of carbonyl (C=O) groups is 1. The van der Waals surface area contributed by atoms with E-state index in [1.54, 1.807) is 36.5 Å². The highest BCUT2D eigenvalue weighted by molar-refractivity contribution is 6.31. The number of methoxy groups -OCH3 is 1. The van der Waals surface area contributed by atoms with E-state index < -0.39 is 0 Å². The Hall–Kier alpha value is -2.11. The molecule has 20 heavy (non-hydrogen) atoms. The molecular formula is C14H14ClN3O2. The first-order valence-corrected chi connectivity index (χ1v) is 6.31. The normalized spacial score (nSPS) is 10.2. The quantitative estimate of drug-likeness (QED) is 0.907. The van der Waals surface area contributed by atoms with Gasteiger partial charge in [0.1, 0.15) is 5.75 Å². The van der Waals surface area contributed by atoms with Crippen LogP contribution in [0.25, 0.3) is 0 Å². The van der Waals surface area contributed by atoms with Gasteiger partial charge in [-0.1, -0.05) is 11.6 Å². The average Bonchev–Trinajstić information content (AvgIpc) is 2.47. The number of amides is 1. The lowest BCUT2D eigenvalue weighted by molar-refractivity contribution is 0.102. The van der Waals surface area contributed by atoms with Crippen molar-refractivity contribution in [2.45, 2.75) is 6.54 Å². The van der Waals surface area contributed by atoms with Crippen LogP contribution in [0.15, 0.2) is 36.5 Å². The number of pyridine rings is 1. The lowest BCUT2D eigenvalue weighted by Crippen LogP contribution is -2.13. The SMILES string of the molecule is COc1ccc(Cl)cc1NC(=O)c1ccnc(CN)c1. The lowest BCUT2D eigenvalue weighted by atomic mass is 10.2. The zero-order chi connectivity index (χ0) is 14.5. The van der Waals surface area contributed by atoms with Crippen molar-refractivity contribution in [1.82, 2.24) is 4.98 Å². The number of nitrogens with one attached hydrogen (secondary N) is 1. The van der Waals surface area contributed by atoms with Gasteiger partial charge in [-0.05, 0) is 30.3 Å². The van der Waals surface area contributed by atoms with E-state index in [0.717, 1.165) is 0 Å². The molecule has 2 rings (SSSR count). The maximum atomic E-state index is 12.2. The molecule has 0 unspecified atom stereocenters. The first-order chi connectivity index (χ1) is 9.63. The van der Waals surface area contributed by atoms with Crippen LogP contribution in [0.1, 0.15) is 16.1 Å². The van der Waals surface area contributed by atoms with Gasteiger partial charge in [0.25, 0.3) is 5.91 Å². The predicted octanol–water partition coefficient (Wildman–Crippen LogP) is 2.45. The van der Waals surface area contributed by atoms with Crippen LogP contribution >= 0.6 is 11.6 Å². The number of halogens is 1. The van der Waals surface area contributed by atoms with Crippen molar-refractivity contribution in [2.75, 3.05) is 12.4 Å². The zero-order valence-corrected chi connectivity index (χ0v) is 11.6. The maximum Gasteiger partial charge on any atom is 0.255 e. The molecule has 0 atom stereocenters. The second kappa shape index (κ2) is 6.36. The van der Waals surface area contributed by atoms with Gasteiger partial charge in [-0.2, -0.15) is 0 Å².